The second kappa shape index (κ2) is 4.73. The zero-order chi connectivity index (χ0) is 12.3. The Morgan fingerprint density at radius 1 is 1.35 bits per heavy atom. The minimum atomic E-state index is -0.760. The summed E-state index contributed by atoms with van der Waals surface area (Å²) in [7, 11) is 0. The molecule has 0 radical (unpaired) electrons. The Labute approximate surface area is 97.7 Å². The topological polar surface area (TPSA) is 90.7 Å². The van der Waals surface area contributed by atoms with Crippen molar-refractivity contribution in [3.8, 4) is 11.5 Å². The number of primary amides is 1. The average molecular weight is 236 g/mol. The first-order valence-corrected chi connectivity index (χ1v) is 5.11. The number of para-hydroxylation sites is 2. The normalized spacial score (nSPS) is 17.3. The van der Waals surface area contributed by atoms with Gasteiger partial charge in [-0.15, -0.1) is 0 Å². The van der Waals surface area contributed by atoms with Crippen molar-refractivity contribution in [2.75, 3.05) is 13.2 Å². The number of carbonyl (C=O) groups excluding carboxylic acids is 2. The van der Waals surface area contributed by atoms with E-state index in [2.05, 4.69) is 5.32 Å². The minimum absolute atomic E-state index is 0.113. The number of fused-ring (bicyclic) bond motifs is 1. The van der Waals surface area contributed by atoms with Crippen LogP contribution < -0.4 is 20.5 Å². The van der Waals surface area contributed by atoms with Gasteiger partial charge >= 0.3 is 0 Å². The number of nitrogens with one attached hydrogen (secondary N) is 1. The highest BCUT2D eigenvalue weighted by Crippen LogP contribution is 2.30. The molecule has 1 heterocycles. The summed E-state index contributed by atoms with van der Waals surface area (Å²) < 4.78 is 10.8. The van der Waals surface area contributed by atoms with Crippen molar-refractivity contribution in [3.05, 3.63) is 24.3 Å². The molecule has 0 saturated carbocycles. The van der Waals surface area contributed by atoms with Gasteiger partial charge in [0.15, 0.2) is 11.5 Å². The highest BCUT2D eigenvalue weighted by molar-refractivity contribution is 5.86. The van der Waals surface area contributed by atoms with Gasteiger partial charge in [0.2, 0.25) is 12.0 Å². The lowest BCUT2D eigenvalue weighted by atomic mass is 10.2. The molecule has 1 aromatic rings. The molecule has 0 saturated heterocycles. The molecule has 0 fully saturated rings. The first-order valence-electron chi connectivity index (χ1n) is 5.11. The lowest BCUT2D eigenvalue weighted by Gasteiger charge is -2.25. The first kappa shape index (κ1) is 11.3. The van der Waals surface area contributed by atoms with Gasteiger partial charge in [-0.1, -0.05) is 12.1 Å². The maximum Gasteiger partial charge on any atom is 0.265 e. The van der Waals surface area contributed by atoms with Crippen LogP contribution >= 0.6 is 0 Å². The van der Waals surface area contributed by atoms with Crippen LogP contribution in [0.5, 0.6) is 11.5 Å². The highest BCUT2D eigenvalue weighted by atomic mass is 16.6. The van der Waals surface area contributed by atoms with Gasteiger partial charge in [0.1, 0.15) is 6.61 Å². The van der Waals surface area contributed by atoms with E-state index < -0.39 is 17.9 Å². The first-order chi connectivity index (χ1) is 8.16. The van der Waals surface area contributed by atoms with Crippen LogP contribution in [0.1, 0.15) is 0 Å². The number of hydrogen-bond donors (Lipinski definition) is 2. The maximum atomic E-state index is 11.6. The van der Waals surface area contributed by atoms with Crippen LogP contribution in [-0.2, 0) is 9.59 Å². The lowest BCUT2D eigenvalue weighted by Crippen LogP contribution is -2.46. The van der Waals surface area contributed by atoms with Crippen LogP contribution in [0.2, 0.25) is 0 Å². The van der Waals surface area contributed by atoms with Crippen molar-refractivity contribution in [2.45, 2.75) is 6.10 Å². The standard InChI is InChI=1S/C11H12N2O4/c12-10(14)5-13-11(15)9-6-16-7-3-1-2-4-8(7)17-9/h1-4,9H,5-6H2,(H2,12,14)(H,13,15). The summed E-state index contributed by atoms with van der Waals surface area (Å²) in [5.74, 6) is 0.0956. The molecule has 1 unspecified atom stereocenters. The van der Waals surface area contributed by atoms with E-state index >= 15 is 0 Å². The summed E-state index contributed by atoms with van der Waals surface area (Å²) in [6, 6.07) is 7.07. The summed E-state index contributed by atoms with van der Waals surface area (Å²) in [5, 5.41) is 2.36. The predicted molar refractivity (Wildman–Crippen MR) is 58.6 cm³/mol. The van der Waals surface area contributed by atoms with Crippen molar-refractivity contribution >= 4 is 11.8 Å². The van der Waals surface area contributed by atoms with Gasteiger partial charge in [-0.3, -0.25) is 9.59 Å². The van der Waals surface area contributed by atoms with Crippen molar-refractivity contribution in [3.63, 3.8) is 0 Å². The van der Waals surface area contributed by atoms with E-state index in [9.17, 15) is 9.59 Å². The number of rotatable bonds is 3. The zero-order valence-electron chi connectivity index (χ0n) is 9.01. The quantitative estimate of drug-likeness (QED) is 0.735. The Kier molecular flexibility index (Phi) is 3.13. The highest BCUT2D eigenvalue weighted by Gasteiger charge is 2.27. The molecule has 1 aliphatic heterocycles. The molecule has 1 aromatic carbocycles. The largest absolute Gasteiger partial charge is 0.485 e. The van der Waals surface area contributed by atoms with E-state index in [0.29, 0.717) is 11.5 Å². The monoisotopic (exact) mass is 236 g/mol. The van der Waals surface area contributed by atoms with Gasteiger partial charge in [-0.25, -0.2) is 0 Å². The molecule has 6 heteroatoms. The Morgan fingerprint density at radius 3 is 2.76 bits per heavy atom. The number of benzene rings is 1. The van der Waals surface area contributed by atoms with E-state index in [1.165, 1.54) is 0 Å². The second-order valence-corrected chi connectivity index (χ2v) is 3.55. The number of ether oxygens (including phenoxy) is 2. The molecule has 6 nitrogen and oxygen atoms in total. The molecule has 0 aliphatic carbocycles. The lowest BCUT2D eigenvalue weighted by molar-refractivity contribution is -0.132. The third-order valence-corrected chi connectivity index (χ3v) is 2.24. The Balaban J connectivity index is 1.97. The Hall–Kier alpha value is -2.24. The fourth-order valence-corrected chi connectivity index (χ4v) is 1.44. The molecule has 90 valence electrons. The second-order valence-electron chi connectivity index (χ2n) is 3.55. The fourth-order valence-electron chi connectivity index (χ4n) is 1.44. The van der Waals surface area contributed by atoms with Crippen LogP contribution in [-0.4, -0.2) is 31.1 Å². The number of nitrogens with two attached hydrogens (primary N) is 1. The van der Waals surface area contributed by atoms with Crippen molar-refractivity contribution in [1.82, 2.24) is 5.32 Å². The van der Waals surface area contributed by atoms with Gasteiger partial charge in [0, 0.05) is 0 Å². The van der Waals surface area contributed by atoms with Crippen LogP contribution in [0.4, 0.5) is 0 Å². The molecular formula is C11H12N2O4. The molecule has 17 heavy (non-hydrogen) atoms. The third kappa shape index (κ3) is 2.66. The van der Waals surface area contributed by atoms with Gasteiger partial charge in [0.05, 0.1) is 6.54 Å². The van der Waals surface area contributed by atoms with E-state index in [0.717, 1.165) is 0 Å². The SMILES string of the molecule is NC(=O)CNC(=O)C1COc2ccccc2O1. The van der Waals surface area contributed by atoms with Crippen molar-refractivity contribution in [1.29, 1.82) is 0 Å². The molecule has 3 N–H and O–H groups in total. The smallest absolute Gasteiger partial charge is 0.265 e. The summed E-state index contributed by atoms with van der Waals surface area (Å²) >= 11 is 0. The molecule has 1 aliphatic rings. The molecule has 1 atom stereocenters. The number of hydrogen-bond acceptors (Lipinski definition) is 4. The van der Waals surface area contributed by atoms with E-state index in [-0.39, 0.29) is 13.2 Å². The Morgan fingerprint density at radius 2 is 2.06 bits per heavy atom. The van der Waals surface area contributed by atoms with Gasteiger partial charge in [-0.05, 0) is 12.1 Å². The summed E-state index contributed by atoms with van der Waals surface area (Å²) in [6.07, 6.45) is -0.760. The van der Waals surface area contributed by atoms with E-state index in [4.69, 9.17) is 15.2 Å². The molecule has 0 spiro atoms. The predicted octanol–water partition coefficient (Wildman–Crippen LogP) is -0.572. The maximum absolute atomic E-state index is 11.6. The van der Waals surface area contributed by atoms with Gasteiger partial charge in [0.25, 0.3) is 5.91 Å². The van der Waals surface area contributed by atoms with Crippen LogP contribution in [0.3, 0.4) is 0 Å². The van der Waals surface area contributed by atoms with Crippen molar-refractivity contribution < 1.29 is 19.1 Å². The zero-order valence-corrected chi connectivity index (χ0v) is 9.01. The minimum Gasteiger partial charge on any atom is -0.485 e. The summed E-state index contributed by atoms with van der Waals surface area (Å²) in [5.41, 5.74) is 4.92. The van der Waals surface area contributed by atoms with Crippen LogP contribution in [0.15, 0.2) is 24.3 Å². The number of amides is 2. The van der Waals surface area contributed by atoms with Gasteiger partial charge < -0.3 is 20.5 Å². The molecular weight excluding hydrogens is 224 g/mol. The fraction of sp³-hybridized carbons (Fsp3) is 0.273. The van der Waals surface area contributed by atoms with Crippen LogP contribution in [0.25, 0.3) is 0 Å². The Bertz CT molecular complexity index is 447. The third-order valence-electron chi connectivity index (χ3n) is 2.24. The number of carbonyl (C=O) groups is 2. The molecule has 0 aromatic heterocycles. The molecule has 0 bridgehead atoms. The molecule has 2 rings (SSSR count). The summed E-state index contributed by atoms with van der Waals surface area (Å²) in [4.78, 5) is 22.1. The summed E-state index contributed by atoms with van der Waals surface area (Å²) in [6.45, 7) is -0.0953. The average Bonchev–Trinajstić information content (AvgIpc) is 2.35. The van der Waals surface area contributed by atoms with Gasteiger partial charge in [-0.2, -0.15) is 0 Å². The van der Waals surface area contributed by atoms with Crippen LogP contribution in [0, 0.1) is 0 Å². The molecule has 2 amide bonds. The van der Waals surface area contributed by atoms with E-state index in [1.54, 1.807) is 18.2 Å². The van der Waals surface area contributed by atoms with Crippen molar-refractivity contribution in [2.24, 2.45) is 5.73 Å². The van der Waals surface area contributed by atoms with E-state index in [1.807, 2.05) is 6.07 Å².